The van der Waals surface area contributed by atoms with Gasteiger partial charge >= 0.3 is 5.97 Å². The molecule has 148 valence electrons. The molecule has 0 radical (unpaired) electrons. The molecule has 2 saturated carbocycles. The van der Waals surface area contributed by atoms with Crippen LogP contribution in [0, 0.1) is 30.6 Å². The number of carbonyl (C=O) groups is 4. The molecule has 7 heteroatoms. The third-order valence-electron chi connectivity index (χ3n) is 6.34. The van der Waals surface area contributed by atoms with Gasteiger partial charge in [-0.15, -0.1) is 0 Å². The topological polar surface area (TPSA) is 92.8 Å². The van der Waals surface area contributed by atoms with E-state index in [1.807, 2.05) is 19.1 Å². The SMILES string of the molecule is Cc1cccc(NC(=O)COC(=O)[C@H](C)N2C(=O)[C@@H]3[C@H]4CC[C@@H](C4)[C@@H]3C2=O)c1. The first-order chi connectivity index (χ1) is 13.4. The highest BCUT2D eigenvalue weighted by Crippen LogP contribution is 2.56. The number of aryl methyl sites for hydroxylation is 1. The number of amides is 3. The van der Waals surface area contributed by atoms with Crippen molar-refractivity contribution in [2.24, 2.45) is 23.7 Å². The fourth-order valence-electron chi connectivity index (χ4n) is 5.10. The summed E-state index contributed by atoms with van der Waals surface area (Å²) < 4.78 is 5.07. The smallest absolute Gasteiger partial charge is 0.329 e. The molecular formula is C21H24N2O5. The van der Waals surface area contributed by atoms with Crippen LogP contribution >= 0.6 is 0 Å². The monoisotopic (exact) mass is 384 g/mol. The lowest BCUT2D eigenvalue weighted by atomic mass is 9.81. The van der Waals surface area contributed by atoms with Crippen LogP contribution in [0.4, 0.5) is 5.69 Å². The molecule has 0 spiro atoms. The zero-order valence-corrected chi connectivity index (χ0v) is 16.0. The molecule has 0 unspecified atom stereocenters. The second-order valence-electron chi connectivity index (χ2n) is 8.13. The van der Waals surface area contributed by atoms with E-state index in [0.29, 0.717) is 5.69 Å². The molecule has 2 aliphatic carbocycles. The molecule has 1 saturated heterocycles. The Morgan fingerprint density at radius 2 is 1.82 bits per heavy atom. The predicted octanol–water partition coefficient (Wildman–Crippen LogP) is 1.90. The van der Waals surface area contributed by atoms with Crippen molar-refractivity contribution in [2.45, 2.75) is 39.2 Å². The summed E-state index contributed by atoms with van der Waals surface area (Å²) in [6.45, 7) is 2.92. The molecule has 1 aromatic rings. The predicted molar refractivity (Wildman–Crippen MR) is 99.9 cm³/mol. The number of ether oxygens (including phenoxy) is 1. The van der Waals surface area contributed by atoms with Gasteiger partial charge in [0.05, 0.1) is 11.8 Å². The molecule has 3 fully saturated rings. The van der Waals surface area contributed by atoms with Crippen molar-refractivity contribution in [2.75, 3.05) is 11.9 Å². The Balaban J connectivity index is 1.34. The number of likely N-dealkylation sites (tertiary alicyclic amines) is 1. The van der Waals surface area contributed by atoms with Crippen molar-refractivity contribution in [3.8, 4) is 0 Å². The van der Waals surface area contributed by atoms with Crippen molar-refractivity contribution in [3.05, 3.63) is 29.8 Å². The first-order valence-corrected chi connectivity index (χ1v) is 9.77. The highest BCUT2D eigenvalue weighted by molar-refractivity contribution is 6.08. The van der Waals surface area contributed by atoms with Crippen molar-refractivity contribution in [3.63, 3.8) is 0 Å². The van der Waals surface area contributed by atoms with Gasteiger partial charge in [0.1, 0.15) is 6.04 Å². The third-order valence-corrected chi connectivity index (χ3v) is 6.34. The largest absolute Gasteiger partial charge is 0.454 e. The van der Waals surface area contributed by atoms with Gasteiger partial charge in [-0.1, -0.05) is 12.1 Å². The quantitative estimate of drug-likeness (QED) is 0.618. The van der Waals surface area contributed by atoms with Gasteiger partial charge in [0.15, 0.2) is 6.61 Å². The maximum Gasteiger partial charge on any atom is 0.329 e. The van der Waals surface area contributed by atoms with Crippen LogP contribution < -0.4 is 5.32 Å². The first-order valence-electron chi connectivity index (χ1n) is 9.77. The van der Waals surface area contributed by atoms with Crippen molar-refractivity contribution in [1.82, 2.24) is 4.90 Å². The summed E-state index contributed by atoms with van der Waals surface area (Å²) in [7, 11) is 0. The van der Waals surface area contributed by atoms with Crippen LogP contribution in [0.5, 0.6) is 0 Å². The van der Waals surface area contributed by atoms with Crippen LogP contribution in [0.2, 0.25) is 0 Å². The fraction of sp³-hybridized carbons (Fsp3) is 0.524. The highest BCUT2D eigenvalue weighted by Gasteiger charge is 2.62. The molecule has 1 aromatic carbocycles. The number of fused-ring (bicyclic) bond motifs is 5. The Morgan fingerprint density at radius 1 is 1.18 bits per heavy atom. The molecule has 4 rings (SSSR count). The molecule has 5 atom stereocenters. The summed E-state index contributed by atoms with van der Waals surface area (Å²) in [5, 5.41) is 2.65. The van der Waals surface area contributed by atoms with E-state index in [1.54, 1.807) is 12.1 Å². The second kappa shape index (κ2) is 7.04. The normalized spacial score (nSPS) is 29.0. The van der Waals surface area contributed by atoms with E-state index in [-0.39, 0.29) is 35.5 Å². The minimum atomic E-state index is -1.02. The number of hydrogen-bond donors (Lipinski definition) is 1. The lowest BCUT2D eigenvalue weighted by Gasteiger charge is -2.23. The van der Waals surface area contributed by atoms with Gasteiger partial charge in [0.25, 0.3) is 5.91 Å². The lowest BCUT2D eigenvalue weighted by molar-refractivity contribution is -0.159. The van der Waals surface area contributed by atoms with Gasteiger partial charge in [0, 0.05) is 5.69 Å². The highest BCUT2D eigenvalue weighted by atomic mass is 16.5. The summed E-state index contributed by atoms with van der Waals surface area (Å²) in [5.74, 6) is -1.74. The van der Waals surface area contributed by atoms with E-state index in [9.17, 15) is 19.2 Å². The molecule has 3 amide bonds. The maximum atomic E-state index is 12.8. The van der Waals surface area contributed by atoms with Gasteiger partial charge in [-0.2, -0.15) is 0 Å². The van der Waals surface area contributed by atoms with Crippen LogP contribution in [0.15, 0.2) is 24.3 Å². The standard InChI is InChI=1S/C21H24N2O5/c1-11-4-3-5-15(8-11)22-16(24)10-28-21(27)12(2)23-19(25)17-13-6-7-14(9-13)18(17)20(23)26/h3-5,8,12-14,17-18H,6-7,9-10H2,1-2H3,(H,22,24)/t12-,13-,14-,17-,18+/m0/s1. The van der Waals surface area contributed by atoms with E-state index in [0.717, 1.165) is 29.7 Å². The molecule has 0 aromatic heterocycles. The Hall–Kier alpha value is -2.70. The van der Waals surface area contributed by atoms with Crippen molar-refractivity contribution >= 4 is 29.4 Å². The number of imide groups is 1. The van der Waals surface area contributed by atoms with E-state index in [4.69, 9.17) is 4.74 Å². The number of nitrogens with one attached hydrogen (secondary N) is 1. The number of anilines is 1. The Labute approximate surface area is 163 Å². The van der Waals surface area contributed by atoms with Crippen LogP contribution in [-0.4, -0.2) is 41.2 Å². The van der Waals surface area contributed by atoms with Crippen molar-refractivity contribution in [1.29, 1.82) is 0 Å². The van der Waals surface area contributed by atoms with Gasteiger partial charge < -0.3 is 10.1 Å². The average molecular weight is 384 g/mol. The molecular weight excluding hydrogens is 360 g/mol. The molecule has 28 heavy (non-hydrogen) atoms. The minimum Gasteiger partial charge on any atom is -0.454 e. The summed E-state index contributed by atoms with van der Waals surface area (Å²) >= 11 is 0. The number of hydrogen-bond acceptors (Lipinski definition) is 5. The zero-order valence-electron chi connectivity index (χ0n) is 16.0. The summed E-state index contributed by atoms with van der Waals surface area (Å²) in [6.07, 6.45) is 2.91. The number of benzene rings is 1. The van der Waals surface area contributed by atoms with E-state index in [1.165, 1.54) is 6.92 Å². The third kappa shape index (κ3) is 3.08. The van der Waals surface area contributed by atoms with Crippen LogP contribution in [0.1, 0.15) is 31.7 Å². The minimum absolute atomic E-state index is 0.254. The summed E-state index contributed by atoms with van der Waals surface area (Å²) in [5.41, 5.74) is 1.61. The second-order valence-corrected chi connectivity index (χ2v) is 8.13. The van der Waals surface area contributed by atoms with Gasteiger partial charge in [-0.05, 0) is 62.6 Å². The maximum absolute atomic E-state index is 12.8. The molecule has 1 N–H and O–H groups in total. The van der Waals surface area contributed by atoms with Crippen LogP contribution in [-0.2, 0) is 23.9 Å². The lowest BCUT2D eigenvalue weighted by Crippen LogP contribution is -2.45. The van der Waals surface area contributed by atoms with Crippen molar-refractivity contribution < 1.29 is 23.9 Å². The van der Waals surface area contributed by atoms with Crippen LogP contribution in [0.3, 0.4) is 0 Å². The molecule has 7 nitrogen and oxygen atoms in total. The van der Waals surface area contributed by atoms with E-state index >= 15 is 0 Å². The number of nitrogens with zero attached hydrogens (tertiary/aromatic N) is 1. The average Bonchev–Trinajstić information content (AvgIpc) is 3.33. The summed E-state index contributed by atoms with van der Waals surface area (Å²) in [4.78, 5) is 51.0. The van der Waals surface area contributed by atoms with E-state index < -0.39 is 24.5 Å². The van der Waals surface area contributed by atoms with Gasteiger partial charge in [0.2, 0.25) is 11.8 Å². The Bertz CT molecular complexity index is 823. The number of carbonyl (C=O) groups excluding carboxylic acids is 4. The first kappa shape index (κ1) is 18.7. The number of esters is 1. The number of rotatable bonds is 5. The van der Waals surface area contributed by atoms with Gasteiger partial charge in [-0.25, -0.2) is 4.79 Å². The van der Waals surface area contributed by atoms with Crippen LogP contribution in [0.25, 0.3) is 0 Å². The Kier molecular flexibility index (Phi) is 4.69. The fourth-order valence-corrected chi connectivity index (χ4v) is 5.10. The Morgan fingerprint density at radius 3 is 2.43 bits per heavy atom. The molecule has 3 aliphatic rings. The zero-order chi connectivity index (χ0) is 20.0. The van der Waals surface area contributed by atoms with Gasteiger partial charge in [-0.3, -0.25) is 19.3 Å². The molecule has 2 bridgehead atoms. The molecule has 1 heterocycles. The summed E-state index contributed by atoms with van der Waals surface area (Å²) in [6, 6.07) is 6.24. The molecule has 1 aliphatic heterocycles. The van der Waals surface area contributed by atoms with E-state index in [2.05, 4.69) is 5.32 Å².